The summed E-state index contributed by atoms with van der Waals surface area (Å²) in [7, 11) is 1.76. The van der Waals surface area contributed by atoms with Gasteiger partial charge in [-0.15, -0.1) is 11.3 Å². The predicted octanol–water partition coefficient (Wildman–Crippen LogP) is 3.00. The highest BCUT2D eigenvalue weighted by atomic mass is 32.1. The molecule has 0 aliphatic heterocycles. The highest BCUT2D eigenvalue weighted by Crippen LogP contribution is 2.34. The van der Waals surface area contributed by atoms with E-state index < -0.39 is 5.97 Å². The molecule has 18 heavy (non-hydrogen) atoms. The van der Waals surface area contributed by atoms with Crippen molar-refractivity contribution in [3.05, 3.63) is 42.1 Å². The Balaban J connectivity index is 2.25. The Labute approximate surface area is 107 Å². The van der Waals surface area contributed by atoms with Crippen molar-refractivity contribution in [1.82, 2.24) is 9.78 Å². The van der Waals surface area contributed by atoms with Gasteiger partial charge in [-0.2, -0.15) is 5.10 Å². The van der Waals surface area contributed by atoms with Crippen LogP contribution in [-0.4, -0.2) is 20.9 Å². The number of aryl methyl sites for hydroxylation is 1. The zero-order valence-corrected chi connectivity index (χ0v) is 10.4. The van der Waals surface area contributed by atoms with E-state index in [1.807, 2.05) is 30.3 Å². The van der Waals surface area contributed by atoms with Crippen LogP contribution in [0.1, 0.15) is 10.4 Å². The third-order valence-corrected chi connectivity index (χ3v) is 3.95. The summed E-state index contributed by atoms with van der Waals surface area (Å²) in [4.78, 5) is 12.1. The second kappa shape index (κ2) is 3.96. The van der Waals surface area contributed by atoms with E-state index in [9.17, 15) is 4.79 Å². The summed E-state index contributed by atoms with van der Waals surface area (Å²) in [6.07, 6.45) is 1.39. The Morgan fingerprint density at radius 1 is 1.39 bits per heavy atom. The first-order valence-corrected chi connectivity index (χ1v) is 6.22. The normalized spacial score (nSPS) is 10.9. The second-order valence-corrected chi connectivity index (χ2v) is 5.07. The fraction of sp³-hybridized carbons (Fsp3) is 0.0769. The van der Waals surface area contributed by atoms with E-state index in [2.05, 4.69) is 5.10 Å². The van der Waals surface area contributed by atoms with Gasteiger partial charge in [-0.05, 0) is 17.5 Å². The number of aromatic carboxylic acids is 1. The van der Waals surface area contributed by atoms with Crippen molar-refractivity contribution in [2.75, 3.05) is 0 Å². The van der Waals surface area contributed by atoms with Crippen LogP contribution in [0.15, 0.2) is 36.5 Å². The molecule has 0 saturated heterocycles. The van der Waals surface area contributed by atoms with Crippen LogP contribution in [0.25, 0.3) is 20.7 Å². The summed E-state index contributed by atoms with van der Waals surface area (Å²) in [6.45, 7) is 0. The number of benzene rings is 1. The number of carbonyl (C=O) groups is 1. The minimum atomic E-state index is -0.949. The number of nitrogens with zero attached hydrogens (tertiary/aromatic N) is 2. The molecule has 3 aromatic rings. The molecule has 0 aliphatic rings. The summed E-state index contributed by atoms with van der Waals surface area (Å²) >= 11 is 1.58. The van der Waals surface area contributed by atoms with Gasteiger partial charge in [-0.3, -0.25) is 4.68 Å². The molecular formula is C13H10N2O2S. The first-order chi connectivity index (χ1) is 8.66. The molecule has 0 atom stereocenters. The highest BCUT2D eigenvalue weighted by molar-refractivity contribution is 7.22. The third kappa shape index (κ3) is 1.60. The lowest BCUT2D eigenvalue weighted by Gasteiger charge is -1.99. The van der Waals surface area contributed by atoms with Crippen molar-refractivity contribution in [3.63, 3.8) is 0 Å². The Morgan fingerprint density at radius 2 is 2.17 bits per heavy atom. The summed E-state index contributed by atoms with van der Waals surface area (Å²) in [5.74, 6) is -0.949. The molecule has 1 aromatic carbocycles. The summed E-state index contributed by atoms with van der Waals surface area (Å²) in [5.41, 5.74) is 0.896. The van der Waals surface area contributed by atoms with Crippen LogP contribution in [0.2, 0.25) is 0 Å². The number of carboxylic acid groups (broad SMARTS) is 1. The zero-order valence-electron chi connectivity index (χ0n) is 9.62. The summed E-state index contributed by atoms with van der Waals surface area (Å²) in [6, 6.07) is 10.0. The van der Waals surface area contributed by atoms with Crippen LogP contribution in [0.4, 0.5) is 0 Å². The molecule has 0 bridgehead atoms. The number of carboxylic acids is 1. The van der Waals surface area contributed by atoms with Crippen molar-refractivity contribution in [3.8, 4) is 10.6 Å². The van der Waals surface area contributed by atoms with Crippen LogP contribution in [0.3, 0.4) is 0 Å². The zero-order chi connectivity index (χ0) is 12.7. The lowest BCUT2D eigenvalue weighted by Crippen LogP contribution is -1.99. The molecular weight excluding hydrogens is 248 g/mol. The molecule has 0 amide bonds. The Morgan fingerprint density at radius 3 is 2.89 bits per heavy atom. The Kier molecular flexibility index (Phi) is 2.41. The van der Waals surface area contributed by atoms with Gasteiger partial charge in [-0.25, -0.2) is 4.79 Å². The van der Waals surface area contributed by atoms with Gasteiger partial charge in [-0.1, -0.05) is 18.2 Å². The quantitative estimate of drug-likeness (QED) is 0.768. The van der Waals surface area contributed by atoms with Crippen molar-refractivity contribution < 1.29 is 9.90 Å². The number of aromatic nitrogens is 2. The molecule has 3 rings (SSSR count). The van der Waals surface area contributed by atoms with Crippen LogP contribution >= 0.6 is 11.3 Å². The SMILES string of the molecule is Cn1ncc(C(=O)O)c1-c1cc2ccccc2s1. The van der Waals surface area contributed by atoms with Crippen molar-refractivity contribution in [1.29, 1.82) is 0 Å². The van der Waals surface area contributed by atoms with E-state index in [1.165, 1.54) is 6.20 Å². The molecule has 4 nitrogen and oxygen atoms in total. The maximum absolute atomic E-state index is 11.2. The average Bonchev–Trinajstić information content (AvgIpc) is 2.91. The summed E-state index contributed by atoms with van der Waals surface area (Å²) < 4.78 is 2.75. The maximum Gasteiger partial charge on any atom is 0.339 e. The molecule has 2 heterocycles. The van der Waals surface area contributed by atoms with Crippen LogP contribution in [-0.2, 0) is 7.05 Å². The second-order valence-electron chi connectivity index (χ2n) is 3.98. The fourth-order valence-electron chi connectivity index (χ4n) is 1.98. The average molecular weight is 258 g/mol. The number of hydrogen-bond donors (Lipinski definition) is 1. The number of fused-ring (bicyclic) bond motifs is 1. The van der Waals surface area contributed by atoms with Crippen molar-refractivity contribution in [2.45, 2.75) is 0 Å². The molecule has 0 unspecified atom stereocenters. The highest BCUT2D eigenvalue weighted by Gasteiger charge is 2.18. The van der Waals surface area contributed by atoms with Gasteiger partial charge in [0.25, 0.3) is 0 Å². The van der Waals surface area contributed by atoms with E-state index in [1.54, 1.807) is 23.1 Å². The van der Waals surface area contributed by atoms with E-state index in [4.69, 9.17) is 5.11 Å². The Hall–Kier alpha value is -2.14. The largest absolute Gasteiger partial charge is 0.478 e. The number of rotatable bonds is 2. The molecule has 2 aromatic heterocycles. The van der Waals surface area contributed by atoms with Crippen molar-refractivity contribution >= 4 is 27.4 Å². The van der Waals surface area contributed by atoms with Gasteiger partial charge < -0.3 is 5.11 Å². The molecule has 0 saturated carbocycles. The van der Waals surface area contributed by atoms with E-state index in [-0.39, 0.29) is 5.56 Å². The fourth-order valence-corrected chi connectivity index (χ4v) is 3.14. The van der Waals surface area contributed by atoms with Gasteiger partial charge in [0.2, 0.25) is 0 Å². The molecule has 5 heteroatoms. The number of thiophene rings is 1. The van der Waals surface area contributed by atoms with Gasteiger partial charge in [0.15, 0.2) is 0 Å². The van der Waals surface area contributed by atoms with E-state index in [0.29, 0.717) is 5.69 Å². The molecule has 0 spiro atoms. The van der Waals surface area contributed by atoms with Crippen LogP contribution in [0, 0.1) is 0 Å². The minimum absolute atomic E-state index is 0.240. The van der Waals surface area contributed by atoms with Crippen LogP contribution in [0.5, 0.6) is 0 Å². The maximum atomic E-state index is 11.2. The lowest BCUT2D eigenvalue weighted by molar-refractivity contribution is 0.0697. The first kappa shape index (κ1) is 11.0. The van der Waals surface area contributed by atoms with Gasteiger partial charge in [0, 0.05) is 11.7 Å². The van der Waals surface area contributed by atoms with E-state index >= 15 is 0 Å². The van der Waals surface area contributed by atoms with Crippen molar-refractivity contribution in [2.24, 2.45) is 7.05 Å². The van der Waals surface area contributed by atoms with Gasteiger partial charge in [0.05, 0.1) is 16.8 Å². The topological polar surface area (TPSA) is 55.1 Å². The first-order valence-electron chi connectivity index (χ1n) is 5.41. The molecule has 0 radical (unpaired) electrons. The number of hydrogen-bond acceptors (Lipinski definition) is 3. The molecule has 0 aliphatic carbocycles. The lowest BCUT2D eigenvalue weighted by atomic mass is 10.2. The third-order valence-electron chi connectivity index (χ3n) is 2.83. The summed E-state index contributed by atoms with van der Waals surface area (Å²) in [5, 5.41) is 14.3. The van der Waals surface area contributed by atoms with E-state index in [0.717, 1.165) is 15.0 Å². The van der Waals surface area contributed by atoms with Gasteiger partial charge >= 0.3 is 5.97 Å². The molecule has 90 valence electrons. The predicted molar refractivity (Wildman–Crippen MR) is 71.0 cm³/mol. The molecule has 0 fully saturated rings. The minimum Gasteiger partial charge on any atom is -0.478 e. The van der Waals surface area contributed by atoms with Crippen LogP contribution < -0.4 is 0 Å². The van der Waals surface area contributed by atoms with Gasteiger partial charge in [0.1, 0.15) is 5.56 Å². The Bertz CT molecular complexity index is 709. The molecule has 1 N–H and O–H groups in total. The standard InChI is InChI=1S/C13H10N2O2S/c1-15-12(9(7-14-15)13(16)17)11-6-8-4-2-3-5-10(8)18-11/h2-7H,1H3,(H,16,17). The monoisotopic (exact) mass is 258 g/mol. The smallest absolute Gasteiger partial charge is 0.339 e.